The average Bonchev–Trinajstić information content (AvgIpc) is 3.17. The zero-order valence-corrected chi connectivity index (χ0v) is 12.3. The van der Waals surface area contributed by atoms with Crippen molar-refractivity contribution >= 4 is 22.9 Å². The first-order valence-corrected chi connectivity index (χ1v) is 7.81. The van der Waals surface area contributed by atoms with Gasteiger partial charge in [0.1, 0.15) is 0 Å². The van der Waals surface area contributed by atoms with Gasteiger partial charge in [0.25, 0.3) is 5.91 Å². The first-order chi connectivity index (χ1) is 10.8. The minimum absolute atomic E-state index is 0.147. The third-order valence-corrected chi connectivity index (χ3v) is 4.80. The quantitative estimate of drug-likeness (QED) is 0.522. The van der Waals surface area contributed by atoms with Gasteiger partial charge < -0.3 is 0 Å². The Bertz CT molecular complexity index is 773. The smallest absolute Gasteiger partial charge is 0.267 e. The second-order valence-corrected chi connectivity index (χ2v) is 6.19. The summed E-state index contributed by atoms with van der Waals surface area (Å²) < 4.78 is 0. The van der Waals surface area contributed by atoms with E-state index in [-0.39, 0.29) is 5.91 Å². The number of benzene rings is 2. The lowest BCUT2D eigenvalue weighted by Crippen LogP contribution is -2.19. The van der Waals surface area contributed by atoms with Gasteiger partial charge in [-0.1, -0.05) is 48.6 Å². The Kier molecular flexibility index (Phi) is 3.26. The van der Waals surface area contributed by atoms with Gasteiger partial charge in [-0.2, -0.15) is 5.10 Å². The number of fused-ring (bicyclic) bond motifs is 3. The Morgan fingerprint density at radius 2 is 1.95 bits per heavy atom. The molecule has 2 bridgehead atoms. The highest BCUT2D eigenvalue weighted by Crippen LogP contribution is 2.42. The molecular formula is C19H18N2O. The Hall–Kier alpha value is -2.42. The third-order valence-electron chi connectivity index (χ3n) is 4.80. The second-order valence-electron chi connectivity index (χ2n) is 6.19. The standard InChI is InChI=1S/C19H18N2O/c22-19(18-7-3-5-14-4-1-2-6-17(14)18)21-20-12-16-11-13-8-9-15(16)10-13/h1-9,12-13,15-16H,10-11H2,(H,21,22)/b20-12+. The number of carbonyl (C=O) groups is 1. The number of allylic oxidation sites excluding steroid dienone is 2. The number of hydrazone groups is 1. The van der Waals surface area contributed by atoms with E-state index in [4.69, 9.17) is 0 Å². The minimum atomic E-state index is -0.147. The maximum absolute atomic E-state index is 12.4. The van der Waals surface area contributed by atoms with Crippen molar-refractivity contribution in [2.45, 2.75) is 12.8 Å². The van der Waals surface area contributed by atoms with E-state index in [1.54, 1.807) is 0 Å². The van der Waals surface area contributed by atoms with Crippen LogP contribution in [0.4, 0.5) is 0 Å². The summed E-state index contributed by atoms with van der Waals surface area (Å²) in [5.41, 5.74) is 3.35. The number of nitrogens with one attached hydrogen (secondary N) is 1. The monoisotopic (exact) mass is 290 g/mol. The van der Waals surface area contributed by atoms with Gasteiger partial charge in [-0.15, -0.1) is 0 Å². The minimum Gasteiger partial charge on any atom is -0.267 e. The summed E-state index contributed by atoms with van der Waals surface area (Å²) in [5, 5.41) is 6.22. The van der Waals surface area contributed by atoms with Gasteiger partial charge >= 0.3 is 0 Å². The highest BCUT2D eigenvalue weighted by Gasteiger charge is 2.34. The molecule has 0 saturated heterocycles. The summed E-state index contributed by atoms with van der Waals surface area (Å²) >= 11 is 0. The molecule has 1 saturated carbocycles. The number of nitrogens with zero attached hydrogens (tertiary/aromatic N) is 1. The van der Waals surface area contributed by atoms with Crippen molar-refractivity contribution in [1.82, 2.24) is 5.43 Å². The van der Waals surface area contributed by atoms with E-state index >= 15 is 0 Å². The summed E-state index contributed by atoms with van der Waals surface area (Å²) in [6.07, 6.45) is 8.92. The molecule has 0 aliphatic heterocycles. The van der Waals surface area contributed by atoms with Crippen LogP contribution >= 0.6 is 0 Å². The lowest BCUT2D eigenvalue weighted by atomic mass is 9.95. The third kappa shape index (κ3) is 2.33. The highest BCUT2D eigenvalue weighted by atomic mass is 16.2. The Balaban J connectivity index is 1.49. The first-order valence-electron chi connectivity index (χ1n) is 7.81. The Morgan fingerprint density at radius 3 is 2.77 bits per heavy atom. The summed E-state index contributed by atoms with van der Waals surface area (Å²) in [4.78, 5) is 12.4. The van der Waals surface area contributed by atoms with E-state index in [0.29, 0.717) is 17.4 Å². The molecule has 3 atom stereocenters. The van der Waals surface area contributed by atoms with E-state index < -0.39 is 0 Å². The molecule has 0 spiro atoms. The number of amides is 1. The Labute approximate surface area is 129 Å². The topological polar surface area (TPSA) is 41.5 Å². The van der Waals surface area contributed by atoms with Gasteiger partial charge in [0, 0.05) is 17.7 Å². The van der Waals surface area contributed by atoms with Gasteiger partial charge in [-0.05, 0) is 41.5 Å². The lowest BCUT2D eigenvalue weighted by molar-refractivity contribution is 0.0956. The van der Waals surface area contributed by atoms with Crippen LogP contribution in [0.3, 0.4) is 0 Å². The molecule has 0 aromatic heterocycles. The number of carbonyl (C=O) groups excluding carboxylic acids is 1. The summed E-state index contributed by atoms with van der Waals surface area (Å²) in [7, 11) is 0. The number of rotatable bonds is 3. The molecule has 2 aliphatic carbocycles. The molecule has 0 heterocycles. The van der Waals surface area contributed by atoms with Crippen LogP contribution in [0.15, 0.2) is 59.7 Å². The molecule has 2 aromatic rings. The van der Waals surface area contributed by atoms with Gasteiger partial charge in [0.05, 0.1) is 0 Å². The van der Waals surface area contributed by atoms with Crippen molar-refractivity contribution in [2.75, 3.05) is 0 Å². The van der Waals surface area contributed by atoms with Gasteiger partial charge in [0.2, 0.25) is 0 Å². The van der Waals surface area contributed by atoms with Crippen molar-refractivity contribution in [3.63, 3.8) is 0 Å². The van der Waals surface area contributed by atoms with Gasteiger partial charge in [0.15, 0.2) is 0 Å². The molecule has 3 heteroatoms. The summed E-state index contributed by atoms with van der Waals surface area (Å²) in [6.45, 7) is 0. The predicted molar refractivity (Wildman–Crippen MR) is 88.8 cm³/mol. The molecule has 22 heavy (non-hydrogen) atoms. The summed E-state index contributed by atoms with van der Waals surface area (Å²) in [5.74, 6) is 1.66. The predicted octanol–water partition coefficient (Wildman–Crippen LogP) is 3.77. The fraction of sp³-hybridized carbons (Fsp3) is 0.263. The van der Waals surface area contributed by atoms with Crippen LogP contribution in [-0.2, 0) is 0 Å². The molecule has 1 N–H and O–H groups in total. The molecule has 2 aliphatic rings. The molecule has 1 fully saturated rings. The molecule has 4 rings (SSSR count). The fourth-order valence-electron chi connectivity index (χ4n) is 3.67. The van der Waals surface area contributed by atoms with Crippen molar-refractivity contribution in [2.24, 2.45) is 22.9 Å². The van der Waals surface area contributed by atoms with E-state index in [2.05, 4.69) is 22.7 Å². The molecule has 1 amide bonds. The number of hydrogen-bond donors (Lipinski definition) is 1. The van der Waals surface area contributed by atoms with Crippen molar-refractivity contribution < 1.29 is 4.79 Å². The largest absolute Gasteiger partial charge is 0.271 e. The van der Waals surface area contributed by atoms with E-state index in [1.165, 1.54) is 6.42 Å². The first kappa shape index (κ1) is 13.3. The van der Waals surface area contributed by atoms with Crippen LogP contribution in [0.1, 0.15) is 23.2 Å². The molecule has 0 radical (unpaired) electrons. The molecule has 3 nitrogen and oxygen atoms in total. The highest BCUT2D eigenvalue weighted by molar-refractivity contribution is 6.07. The number of hydrogen-bond acceptors (Lipinski definition) is 2. The normalized spacial score (nSPS) is 26.1. The van der Waals surface area contributed by atoms with Crippen LogP contribution in [-0.4, -0.2) is 12.1 Å². The fourth-order valence-corrected chi connectivity index (χ4v) is 3.67. The van der Waals surface area contributed by atoms with Crippen LogP contribution in [0.2, 0.25) is 0 Å². The van der Waals surface area contributed by atoms with Crippen molar-refractivity contribution in [3.05, 3.63) is 60.2 Å². The molecule has 110 valence electrons. The maximum Gasteiger partial charge on any atom is 0.271 e. The van der Waals surface area contributed by atoms with Crippen LogP contribution in [0.25, 0.3) is 10.8 Å². The average molecular weight is 290 g/mol. The van der Waals surface area contributed by atoms with E-state index in [0.717, 1.165) is 23.1 Å². The maximum atomic E-state index is 12.4. The van der Waals surface area contributed by atoms with E-state index in [9.17, 15) is 4.79 Å². The lowest BCUT2D eigenvalue weighted by Gasteiger charge is -2.12. The van der Waals surface area contributed by atoms with Gasteiger partial charge in [-0.25, -0.2) is 5.43 Å². The summed E-state index contributed by atoms with van der Waals surface area (Å²) in [6, 6.07) is 13.7. The molecule has 3 unspecified atom stereocenters. The Morgan fingerprint density at radius 1 is 1.09 bits per heavy atom. The van der Waals surface area contributed by atoms with Crippen LogP contribution in [0.5, 0.6) is 0 Å². The van der Waals surface area contributed by atoms with Gasteiger partial charge in [-0.3, -0.25) is 4.79 Å². The molecular weight excluding hydrogens is 272 g/mol. The second kappa shape index (κ2) is 5.41. The zero-order valence-electron chi connectivity index (χ0n) is 12.3. The van der Waals surface area contributed by atoms with Crippen LogP contribution in [0, 0.1) is 17.8 Å². The van der Waals surface area contributed by atoms with Crippen molar-refractivity contribution in [3.8, 4) is 0 Å². The zero-order chi connectivity index (χ0) is 14.9. The van der Waals surface area contributed by atoms with Crippen LogP contribution < -0.4 is 5.43 Å². The SMILES string of the molecule is O=C(N/N=C/C1CC2C=CC1C2)c1cccc2ccccc12. The van der Waals surface area contributed by atoms with E-state index in [1.807, 2.05) is 48.7 Å². The molecule has 2 aromatic carbocycles. The van der Waals surface area contributed by atoms with Crippen molar-refractivity contribution in [1.29, 1.82) is 0 Å².